The number of amides is 1. The van der Waals surface area contributed by atoms with Crippen LogP contribution in [0.1, 0.15) is 45.7 Å². The number of carbonyl (C=O) groups excluding carboxylic acids is 1. The summed E-state index contributed by atoms with van der Waals surface area (Å²) < 4.78 is 8.83. The van der Waals surface area contributed by atoms with Crippen molar-refractivity contribution >= 4 is 33.6 Å². The number of fused-ring (bicyclic) bond motifs is 3. The number of rotatable bonds is 3. The molecule has 0 aliphatic carbocycles. The van der Waals surface area contributed by atoms with Crippen molar-refractivity contribution in [2.24, 2.45) is 7.05 Å². The molecule has 0 atom stereocenters. The third-order valence-electron chi connectivity index (χ3n) is 6.95. The van der Waals surface area contributed by atoms with E-state index in [4.69, 9.17) is 4.74 Å². The van der Waals surface area contributed by atoms with Crippen molar-refractivity contribution in [2.45, 2.75) is 45.6 Å². The molecule has 0 N–H and O–H groups in total. The zero-order chi connectivity index (χ0) is 27.4. The lowest BCUT2D eigenvalue weighted by atomic mass is 9.86. The summed E-state index contributed by atoms with van der Waals surface area (Å²) in [6.07, 6.45) is 3.42. The van der Waals surface area contributed by atoms with Gasteiger partial charge in [0, 0.05) is 25.5 Å². The topological polar surface area (TPSA) is 93.2 Å². The first-order valence-corrected chi connectivity index (χ1v) is 12.6. The minimum Gasteiger partial charge on any atom is -0.444 e. The Hall–Kier alpha value is -4.38. The highest BCUT2D eigenvalue weighted by Gasteiger charge is 2.26. The predicted molar refractivity (Wildman–Crippen MR) is 148 cm³/mol. The number of aromatic nitrogens is 3. The molecule has 1 aliphatic rings. The minimum absolute atomic E-state index is 0.178. The molecular weight excluding hydrogens is 478 g/mol. The van der Waals surface area contributed by atoms with E-state index in [1.165, 1.54) is 0 Å². The fourth-order valence-electron chi connectivity index (χ4n) is 4.76. The molecule has 0 saturated heterocycles. The molecule has 5 rings (SSSR count). The highest BCUT2D eigenvalue weighted by Crippen LogP contribution is 2.31. The Morgan fingerprint density at radius 2 is 1.79 bits per heavy atom. The smallest absolute Gasteiger partial charge is 0.410 e. The van der Waals surface area contributed by atoms with E-state index in [2.05, 4.69) is 11.1 Å². The second-order valence-electron chi connectivity index (χ2n) is 11.3. The molecule has 194 valence electrons. The van der Waals surface area contributed by atoms with Gasteiger partial charge in [-0.15, -0.1) is 0 Å². The summed E-state index contributed by atoms with van der Waals surface area (Å²) in [5.74, 6) is 0. The summed E-state index contributed by atoms with van der Waals surface area (Å²) in [6.45, 7) is 10.2. The quantitative estimate of drug-likeness (QED) is 0.373. The monoisotopic (exact) mass is 509 g/mol. The lowest BCUT2D eigenvalue weighted by Crippen LogP contribution is -2.35. The van der Waals surface area contributed by atoms with Gasteiger partial charge in [-0.05, 0) is 75.6 Å². The van der Waals surface area contributed by atoms with Crippen LogP contribution in [0.15, 0.2) is 59.5 Å². The van der Waals surface area contributed by atoms with Crippen molar-refractivity contribution in [3.05, 3.63) is 76.3 Å². The average molecular weight is 510 g/mol. The maximum atomic E-state index is 13.4. The van der Waals surface area contributed by atoms with Gasteiger partial charge in [0.25, 0.3) is 0 Å². The van der Waals surface area contributed by atoms with E-state index in [1.807, 2.05) is 83.2 Å². The summed E-state index contributed by atoms with van der Waals surface area (Å²) in [6, 6.07) is 15.9. The van der Waals surface area contributed by atoms with Crippen molar-refractivity contribution in [3.63, 3.8) is 0 Å². The zero-order valence-corrected chi connectivity index (χ0v) is 22.6. The van der Waals surface area contributed by atoms with Crippen LogP contribution in [0, 0.1) is 11.3 Å². The van der Waals surface area contributed by atoms with Gasteiger partial charge < -0.3 is 9.64 Å². The first-order chi connectivity index (χ1) is 17.9. The zero-order valence-electron chi connectivity index (χ0n) is 22.6. The first kappa shape index (κ1) is 25.3. The van der Waals surface area contributed by atoms with Gasteiger partial charge >= 0.3 is 11.8 Å². The fourth-order valence-corrected chi connectivity index (χ4v) is 4.76. The predicted octanol–water partition coefficient (Wildman–Crippen LogP) is 5.31. The van der Waals surface area contributed by atoms with Crippen molar-refractivity contribution < 1.29 is 9.53 Å². The Kier molecular flexibility index (Phi) is 5.90. The molecule has 0 bridgehead atoms. The van der Waals surface area contributed by atoms with Crippen LogP contribution >= 0.6 is 0 Å². The van der Waals surface area contributed by atoms with Crippen LogP contribution in [0.2, 0.25) is 0 Å². The van der Waals surface area contributed by atoms with Crippen LogP contribution in [-0.4, -0.2) is 43.8 Å². The second kappa shape index (κ2) is 8.88. The van der Waals surface area contributed by atoms with Crippen LogP contribution < -0.4 is 5.69 Å². The average Bonchev–Trinajstić information content (AvgIpc) is 3.47. The molecule has 0 unspecified atom stereocenters. The van der Waals surface area contributed by atoms with E-state index >= 15 is 0 Å². The molecule has 8 nitrogen and oxygen atoms in total. The number of hydrogen-bond donors (Lipinski definition) is 0. The van der Waals surface area contributed by atoms with Gasteiger partial charge in [0.1, 0.15) is 5.60 Å². The first-order valence-electron chi connectivity index (χ1n) is 12.6. The molecule has 2 aromatic carbocycles. The Morgan fingerprint density at radius 3 is 2.45 bits per heavy atom. The van der Waals surface area contributed by atoms with Gasteiger partial charge in [0.2, 0.25) is 0 Å². The molecule has 0 saturated carbocycles. The van der Waals surface area contributed by atoms with Crippen molar-refractivity contribution in [3.8, 4) is 11.8 Å². The van der Waals surface area contributed by atoms with Crippen molar-refractivity contribution in [1.29, 1.82) is 5.26 Å². The number of carbonyl (C=O) groups is 1. The van der Waals surface area contributed by atoms with Crippen LogP contribution in [0.4, 0.5) is 4.79 Å². The largest absolute Gasteiger partial charge is 0.444 e. The van der Waals surface area contributed by atoms with Gasteiger partial charge in [-0.25, -0.2) is 9.59 Å². The fraction of sp³-hybridized carbons (Fsp3) is 0.333. The summed E-state index contributed by atoms with van der Waals surface area (Å²) >= 11 is 0. The minimum atomic E-state index is -0.629. The number of imidazole rings is 1. The third-order valence-corrected chi connectivity index (χ3v) is 6.95. The lowest BCUT2D eigenvalue weighted by molar-refractivity contribution is 0.0306. The van der Waals surface area contributed by atoms with E-state index in [1.54, 1.807) is 27.3 Å². The van der Waals surface area contributed by atoms with E-state index in [9.17, 15) is 14.9 Å². The number of nitriles is 1. The molecule has 0 spiro atoms. The van der Waals surface area contributed by atoms with Crippen LogP contribution in [-0.2, 0) is 17.2 Å². The molecule has 8 heteroatoms. The van der Waals surface area contributed by atoms with Crippen LogP contribution in [0.25, 0.3) is 33.2 Å². The Morgan fingerprint density at radius 1 is 1.08 bits per heavy atom. The van der Waals surface area contributed by atoms with Gasteiger partial charge in [-0.3, -0.25) is 14.1 Å². The van der Waals surface area contributed by atoms with Crippen molar-refractivity contribution in [2.75, 3.05) is 13.1 Å². The molecular formula is C30H31N5O3. The molecule has 38 heavy (non-hydrogen) atoms. The summed E-state index contributed by atoms with van der Waals surface area (Å²) in [5.41, 5.74) is 4.47. The van der Waals surface area contributed by atoms with E-state index in [0.717, 1.165) is 38.6 Å². The molecule has 1 aliphatic heterocycles. The van der Waals surface area contributed by atoms with Gasteiger partial charge in [-0.2, -0.15) is 5.26 Å². The van der Waals surface area contributed by atoms with E-state index < -0.39 is 11.0 Å². The Labute approximate surface area is 221 Å². The van der Waals surface area contributed by atoms with Gasteiger partial charge in [0.05, 0.1) is 39.9 Å². The standard InChI is InChI=1S/C30H31N5O3/c1-29(2,3)38-28(37)34-14-13-20(17-34)19-7-12-24-23(15-19)26-25(16-32-24)33(6)27(36)35(26)22-10-8-21(9-11-22)30(4,5)18-31/h7-13,15-16H,14,17H2,1-6H3. The van der Waals surface area contributed by atoms with Gasteiger partial charge in [0.15, 0.2) is 0 Å². The number of nitrogens with zero attached hydrogens (tertiary/aromatic N) is 5. The summed E-state index contributed by atoms with van der Waals surface area (Å²) in [7, 11) is 1.74. The van der Waals surface area contributed by atoms with Crippen LogP contribution in [0.5, 0.6) is 0 Å². The van der Waals surface area contributed by atoms with Gasteiger partial charge in [-0.1, -0.05) is 24.3 Å². The lowest BCUT2D eigenvalue weighted by Gasteiger charge is -2.24. The Bertz CT molecular complexity index is 1710. The SMILES string of the molecule is Cn1c(=O)n(-c2ccc(C(C)(C)C#N)cc2)c2c3cc(C4=CCN(C(=O)OC(C)(C)C)C4)ccc3ncc21. The maximum Gasteiger partial charge on any atom is 0.410 e. The number of benzene rings is 2. The van der Waals surface area contributed by atoms with E-state index in [-0.39, 0.29) is 11.8 Å². The van der Waals surface area contributed by atoms with E-state index in [0.29, 0.717) is 18.8 Å². The molecule has 3 heterocycles. The molecule has 0 radical (unpaired) electrons. The highest BCUT2D eigenvalue weighted by atomic mass is 16.6. The Balaban J connectivity index is 1.59. The summed E-state index contributed by atoms with van der Waals surface area (Å²) in [4.78, 5) is 32.3. The molecule has 4 aromatic rings. The van der Waals surface area contributed by atoms with Crippen LogP contribution in [0.3, 0.4) is 0 Å². The molecule has 2 aromatic heterocycles. The third kappa shape index (κ3) is 4.34. The number of ether oxygens (including phenoxy) is 1. The maximum absolute atomic E-state index is 13.4. The highest BCUT2D eigenvalue weighted by molar-refractivity contribution is 6.04. The second-order valence-corrected chi connectivity index (χ2v) is 11.3. The number of aryl methyl sites for hydroxylation is 1. The molecule has 0 fully saturated rings. The normalized spacial score (nSPS) is 14.1. The number of hydrogen-bond acceptors (Lipinski definition) is 5. The summed E-state index contributed by atoms with van der Waals surface area (Å²) in [5, 5.41) is 10.3. The number of pyridine rings is 1. The van der Waals surface area contributed by atoms with Crippen molar-refractivity contribution in [1.82, 2.24) is 19.0 Å². The molecule has 1 amide bonds.